The lowest BCUT2D eigenvalue weighted by Crippen LogP contribution is -2.49. The Morgan fingerprint density at radius 1 is 1.24 bits per heavy atom. The number of anilines is 1. The van der Waals surface area contributed by atoms with Crippen molar-refractivity contribution < 1.29 is 22.8 Å². The Morgan fingerprint density at radius 2 is 1.94 bits per heavy atom. The smallest absolute Gasteiger partial charge is 0.370 e. The molecule has 1 aromatic carbocycles. The van der Waals surface area contributed by atoms with Crippen LogP contribution in [0.1, 0.15) is 56.6 Å². The van der Waals surface area contributed by atoms with Crippen molar-refractivity contribution in [2.24, 2.45) is 17.3 Å². The van der Waals surface area contributed by atoms with Crippen LogP contribution in [0.4, 0.5) is 18.9 Å². The highest BCUT2D eigenvalue weighted by molar-refractivity contribution is 5.82. The van der Waals surface area contributed by atoms with E-state index in [1.807, 2.05) is 16.7 Å². The van der Waals surface area contributed by atoms with Gasteiger partial charge in [-0.15, -0.1) is 0 Å². The van der Waals surface area contributed by atoms with Gasteiger partial charge in [-0.1, -0.05) is 6.92 Å². The molecule has 1 spiro atoms. The lowest BCUT2D eigenvalue weighted by molar-refractivity contribution is -0.138. The van der Waals surface area contributed by atoms with Crippen LogP contribution in [-0.4, -0.2) is 49.4 Å². The molecule has 4 rings (SSSR count). The van der Waals surface area contributed by atoms with Gasteiger partial charge in [-0.25, -0.2) is 0 Å². The van der Waals surface area contributed by atoms with Crippen molar-refractivity contribution in [3.8, 4) is 6.07 Å². The zero-order valence-corrected chi connectivity index (χ0v) is 19.5. The van der Waals surface area contributed by atoms with Crippen LogP contribution in [0.5, 0.6) is 0 Å². The van der Waals surface area contributed by atoms with Crippen molar-refractivity contribution in [1.29, 1.82) is 5.26 Å². The fraction of sp³-hybridized carbons (Fsp3) is 0.640. The van der Waals surface area contributed by atoms with Crippen molar-refractivity contribution in [3.05, 3.63) is 29.3 Å². The summed E-state index contributed by atoms with van der Waals surface area (Å²) in [5.41, 5.74) is -1.40. The second-order valence-electron chi connectivity index (χ2n) is 9.95. The minimum Gasteiger partial charge on any atom is -0.370 e. The minimum absolute atomic E-state index is 0.0487. The first-order chi connectivity index (χ1) is 16.2. The average Bonchev–Trinajstić information content (AvgIpc) is 3.57. The Bertz CT molecular complexity index is 975. The Kier molecular flexibility index (Phi) is 6.79. The highest BCUT2D eigenvalue weighted by Crippen LogP contribution is 2.47. The van der Waals surface area contributed by atoms with Gasteiger partial charge in [0.2, 0.25) is 11.8 Å². The third kappa shape index (κ3) is 5.01. The summed E-state index contributed by atoms with van der Waals surface area (Å²) in [5, 5.41) is 12.2. The molecule has 1 saturated carbocycles. The van der Waals surface area contributed by atoms with Gasteiger partial charge in [0.25, 0.3) is 0 Å². The van der Waals surface area contributed by atoms with Crippen LogP contribution in [0.2, 0.25) is 0 Å². The molecule has 1 aromatic rings. The van der Waals surface area contributed by atoms with Crippen molar-refractivity contribution in [1.82, 2.24) is 10.2 Å². The Morgan fingerprint density at radius 3 is 2.53 bits per heavy atom. The lowest BCUT2D eigenvalue weighted by Gasteiger charge is -2.42. The number of hydrogen-bond acceptors (Lipinski definition) is 4. The lowest BCUT2D eigenvalue weighted by atomic mass is 9.70. The maximum Gasteiger partial charge on any atom is 0.417 e. The molecule has 0 radical (unpaired) electrons. The normalized spacial score (nSPS) is 22.0. The first-order valence-corrected chi connectivity index (χ1v) is 12.1. The monoisotopic (exact) mass is 476 g/mol. The van der Waals surface area contributed by atoms with E-state index in [0.29, 0.717) is 63.6 Å². The Labute approximate surface area is 198 Å². The van der Waals surface area contributed by atoms with Crippen molar-refractivity contribution >= 4 is 17.5 Å². The van der Waals surface area contributed by atoms with E-state index in [-0.39, 0.29) is 17.7 Å². The van der Waals surface area contributed by atoms with E-state index in [0.717, 1.165) is 25.3 Å². The van der Waals surface area contributed by atoms with E-state index in [1.54, 1.807) is 6.07 Å². The number of rotatable bonds is 6. The fourth-order valence-electron chi connectivity index (χ4n) is 5.36. The van der Waals surface area contributed by atoms with Crippen LogP contribution in [0.3, 0.4) is 0 Å². The number of hydrogen-bond donors (Lipinski definition) is 1. The maximum atomic E-state index is 13.5. The molecular formula is C25H31F3N4O2. The topological polar surface area (TPSA) is 76.4 Å². The number of nitriles is 1. The van der Waals surface area contributed by atoms with E-state index >= 15 is 0 Å². The van der Waals surface area contributed by atoms with Crippen LogP contribution in [0.25, 0.3) is 0 Å². The molecule has 2 aliphatic heterocycles. The molecule has 3 fully saturated rings. The SMILES string of the molecule is CCCC(=O)N1CCC2(CC1)CN(c1ccc(C#N)c(C(F)(F)F)c1)CC2C(=O)NCC1CC1. The quantitative estimate of drug-likeness (QED) is 0.675. The third-order valence-corrected chi connectivity index (χ3v) is 7.60. The standard InChI is InChI=1S/C25H31F3N4O2/c1-2-3-22(33)31-10-8-24(9-11-31)16-32(15-21(24)23(34)30-14-17-4-5-17)19-7-6-18(13-29)20(12-19)25(26,27)28/h6-7,12,17,21H,2-5,8-11,14-16H2,1H3,(H,30,34). The number of nitrogens with one attached hydrogen (secondary N) is 1. The fourth-order valence-corrected chi connectivity index (χ4v) is 5.36. The van der Waals surface area contributed by atoms with Gasteiger partial charge in [0.05, 0.1) is 23.1 Å². The first-order valence-electron chi connectivity index (χ1n) is 12.1. The molecule has 1 atom stereocenters. The first kappa shape index (κ1) is 24.4. The average molecular weight is 477 g/mol. The van der Waals surface area contributed by atoms with Crippen molar-refractivity contribution in [3.63, 3.8) is 0 Å². The zero-order chi connectivity index (χ0) is 24.5. The molecule has 34 heavy (non-hydrogen) atoms. The van der Waals surface area contributed by atoms with E-state index in [4.69, 9.17) is 5.26 Å². The number of carbonyl (C=O) groups is 2. The van der Waals surface area contributed by atoms with Crippen LogP contribution < -0.4 is 10.2 Å². The summed E-state index contributed by atoms with van der Waals surface area (Å²) < 4.78 is 40.6. The molecule has 184 valence electrons. The second kappa shape index (κ2) is 9.47. The molecule has 2 heterocycles. The molecule has 3 aliphatic rings. The highest BCUT2D eigenvalue weighted by atomic mass is 19.4. The number of likely N-dealkylation sites (tertiary alicyclic amines) is 1. The summed E-state index contributed by atoms with van der Waals surface area (Å²) in [6, 6.07) is 5.39. The number of carbonyl (C=O) groups excluding carboxylic acids is 2. The molecule has 1 unspecified atom stereocenters. The van der Waals surface area contributed by atoms with Gasteiger partial charge in [-0.3, -0.25) is 9.59 Å². The van der Waals surface area contributed by atoms with Gasteiger partial charge in [-0.05, 0) is 56.2 Å². The summed E-state index contributed by atoms with van der Waals surface area (Å²) in [5.74, 6) is 0.231. The van der Waals surface area contributed by atoms with Crippen LogP contribution in [-0.2, 0) is 15.8 Å². The molecule has 0 bridgehead atoms. The second-order valence-corrected chi connectivity index (χ2v) is 9.95. The van der Waals surface area contributed by atoms with E-state index < -0.39 is 22.7 Å². The molecule has 1 N–H and O–H groups in total. The zero-order valence-electron chi connectivity index (χ0n) is 19.5. The Hall–Kier alpha value is -2.76. The molecule has 6 nitrogen and oxygen atoms in total. The predicted molar refractivity (Wildman–Crippen MR) is 121 cm³/mol. The number of benzene rings is 1. The van der Waals surface area contributed by atoms with Gasteiger partial charge >= 0.3 is 6.18 Å². The summed E-state index contributed by atoms with van der Waals surface area (Å²) in [7, 11) is 0. The molecular weight excluding hydrogens is 445 g/mol. The molecule has 9 heteroatoms. The van der Waals surface area contributed by atoms with Crippen molar-refractivity contribution in [2.75, 3.05) is 37.6 Å². The summed E-state index contributed by atoms with van der Waals surface area (Å²) in [6.45, 7) is 4.49. The van der Waals surface area contributed by atoms with Crippen LogP contribution >= 0.6 is 0 Å². The maximum absolute atomic E-state index is 13.5. The number of nitrogens with zero attached hydrogens (tertiary/aromatic N) is 3. The number of alkyl halides is 3. The van der Waals surface area contributed by atoms with E-state index in [9.17, 15) is 22.8 Å². The molecule has 0 aromatic heterocycles. The van der Waals surface area contributed by atoms with Gasteiger partial charge in [0.15, 0.2) is 0 Å². The van der Waals surface area contributed by atoms with Gasteiger partial charge < -0.3 is 15.1 Å². The van der Waals surface area contributed by atoms with Crippen LogP contribution in [0, 0.1) is 28.6 Å². The van der Waals surface area contributed by atoms with E-state index in [1.165, 1.54) is 12.1 Å². The largest absolute Gasteiger partial charge is 0.417 e. The third-order valence-electron chi connectivity index (χ3n) is 7.60. The Balaban J connectivity index is 1.57. The number of amides is 2. The van der Waals surface area contributed by atoms with Crippen molar-refractivity contribution in [2.45, 2.75) is 51.6 Å². The summed E-state index contributed by atoms with van der Waals surface area (Å²) in [4.78, 5) is 29.3. The van der Waals surface area contributed by atoms with Crippen LogP contribution in [0.15, 0.2) is 18.2 Å². The minimum atomic E-state index is -4.63. The molecule has 2 amide bonds. The molecule has 2 saturated heterocycles. The summed E-state index contributed by atoms with van der Waals surface area (Å²) in [6.07, 6.45) is 0.150. The van der Waals surface area contributed by atoms with E-state index in [2.05, 4.69) is 5.32 Å². The number of halogens is 3. The molecule has 1 aliphatic carbocycles. The predicted octanol–water partition coefficient (Wildman–Crippen LogP) is 3.95. The number of piperidine rings is 1. The van der Waals surface area contributed by atoms with Gasteiger partial charge in [-0.2, -0.15) is 18.4 Å². The highest BCUT2D eigenvalue weighted by Gasteiger charge is 2.52. The summed E-state index contributed by atoms with van der Waals surface area (Å²) >= 11 is 0. The van der Waals surface area contributed by atoms with Gasteiger partial charge in [0.1, 0.15) is 0 Å². The van der Waals surface area contributed by atoms with Gasteiger partial charge in [0, 0.05) is 50.2 Å².